The molecule has 2 saturated heterocycles. The molecule has 0 amide bonds. The first-order chi connectivity index (χ1) is 8.84. The average molecular weight is 272 g/mol. The molecule has 0 saturated carbocycles. The first-order valence-corrected chi connectivity index (χ1v) is 8.61. The summed E-state index contributed by atoms with van der Waals surface area (Å²) in [4.78, 5) is 2.39. The SMILES string of the molecule is CN1CCC(OCCCN[C@@H]2CCCSC2)CC1. The fourth-order valence-electron chi connectivity index (χ4n) is 2.68. The van der Waals surface area contributed by atoms with Crippen LogP contribution in [0.25, 0.3) is 0 Å². The quantitative estimate of drug-likeness (QED) is 0.747. The summed E-state index contributed by atoms with van der Waals surface area (Å²) in [6.07, 6.45) is 6.85. The van der Waals surface area contributed by atoms with Gasteiger partial charge in [-0.15, -0.1) is 0 Å². The van der Waals surface area contributed by atoms with Gasteiger partial charge in [0.2, 0.25) is 0 Å². The van der Waals surface area contributed by atoms with Gasteiger partial charge in [-0.2, -0.15) is 11.8 Å². The predicted octanol–water partition coefficient (Wildman–Crippen LogP) is 1.97. The fraction of sp³-hybridized carbons (Fsp3) is 1.00. The molecule has 2 aliphatic rings. The number of rotatable bonds is 6. The van der Waals surface area contributed by atoms with E-state index in [9.17, 15) is 0 Å². The van der Waals surface area contributed by atoms with Crippen molar-refractivity contribution in [3.63, 3.8) is 0 Å². The molecule has 1 atom stereocenters. The molecule has 0 radical (unpaired) electrons. The molecule has 0 spiro atoms. The van der Waals surface area contributed by atoms with Gasteiger partial charge in [-0.1, -0.05) is 0 Å². The second-order valence-corrected chi connectivity index (χ2v) is 6.74. The molecule has 0 aromatic carbocycles. The molecule has 0 unspecified atom stereocenters. The highest BCUT2D eigenvalue weighted by atomic mass is 32.2. The van der Waals surface area contributed by atoms with Crippen LogP contribution in [-0.2, 0) is 4.74 Å². The summed E-state index contributed by atoms with van der Waals surface area (Å²) in [5.74, 6) is 2.66. The van der Waals surface area contributed by atoms with Gasteiger partial charge in [0.1, 0.15) is 0 Å². The molecule has 0 bridgehead atoms. The molecule has 2 fully saturated rings. The fourth-order valence-corrected chi connectivity index (χ4v) is 3.79. The number of hydrogen-bond donors (Lipinski definition) is 1. The van der Waals surface area contributed by atoms with Crippen LogP contribution in [0.15, 0.2) is 0 Å². The van der Waals surface area contributed by atoms with Gasteiger partial charge in [-0.3, -0.25) is 0 Å². The van der Waals surface area contributed by atoms with Crippen LogP contribution in [0, 0.1) is 0 Å². The molecule has 2 rings (SSSR count). The summed E-state index contributed by atoms with van der Waals surface area (Å²) in [5.41, 5.74) is 0. The van der Waals surface area contributed by atoms with E-state index in [0.29, 0.717) is 6.10 Å². The largest absolute Gasteiger partial charge is 0.378 e. The Bertz CT molecular complexity index is 214. The Morgan fingerprint density at radius 3 is 2.83 bits per heavy atom. The molecule has 106 valence electrons. The Balaban J connectivity index is 1.43. The normalized spacial score (nSPS) is 27.5. The molecule has 0 aromatic rings. The Morgan fingerprint density at radius 2 is 2.11 bits per heavy atom. The molecule has 18 heavy (non-hydrogen) atoms. The van der Waals surface area contributed by atoms with Crippen molar-refractivity contribution < 1.29 is 4.74 Å². The van der Waals surface area contributed by atoms with E-state index >= 15 is 0 Å². The summed E-state index contributed by atoms with van der Waals surface area (Å²) in [5, 5.41) is 3.66. The molecule has 0 aromatic heterocycles. The smallest absolute Gasteiger partial charge is 0.0599 e. The molecule has 2 heterocycles. The summed E-state index contributed by atoms with van der Waals surface area (Å²) < 4.78 is 5.95. The van der Waals surface area contributed by atoms with Crippen LogP contribution in [0.2, 0.25) is 0 Å². The third kappa shape index (κ3) is 5.47. The topological polar surface area (TPSA) is 24.5 Å². The van der Waals surface area contributed by atoms with E-state index in [1.165, 1.54) is 50.3 Å². The molecule has 3 nitrogen and oxygen atoms in total. The van der Waals surface area contributed by atoms with Gasteiger partial charge in [0, 0.05) is 31.5 Å². The van der Waals surface area contributed by atoms with Crippen molar-refractivity contribution in [2.75, 3.05) is 44.8 Å². The minimum absolute atomic E-state index is 0.520. The van der Waals surface area contributed by atoms with Crippen molar-refractivity contribution in [2.24, 2.45) is 0 Å². The Hall–Kier alpha value is 0.230. The van der Waals surface area contributed by atoms with Crippen molar-refractivity contribution in [3.05, 3.63) is 0 Å². The van der Waals surface area contributed by atoms with Crippen molar-refractivity contribution >= 4 is 11.8 Å². The number of hydrogen-bond acceptors (Lipinski definition) is 4. The zero-order valence-electron chi connectivity index (χ0n) is 11.7. The molecule has 2 aliphatic heterocycles. The summed E-state index contributed by atoms with van der Waals surface area (Å²) in [6.45, 7) is 4.45. The maximum absolute atomic E-state index is 5.95. The van der Waals surface area contributed by atoms with Crippen LogP contribution in [-0.4, -0.2) is 61.8 Å². The van der Waals surface area contributed by atoms with Gasteiger partial charge in [0.05, 0.1) is 6.10 Å². The number of thioether (sulfide) groups is 1. The third-order valence-corrected chi connectivity index (χ3v) is 5.15. The van der Waals surface area contributed by atoms with E-state index < -0.39 is 0 Å². The summed E-state index contributed by atoms with van der Waals surface area (Å²) >= 11 is 2.09. The maximum atomic E-state index is 5.95. The lowest BCUT2D eigenvalue weighted by Crippen LogP contribution is -2.36. The molecule has 4 heteroatoms. The Morgan fingerprint density at radius 1 is 1.28 bits per heavy atom. The van der Waals surface area contributed by atoms with Crippen molar-refractivity contribution in [2.45, 2.75) is 44.2 Å². The van der Waals surface area contributed by atoms with Crippen LogP contribution in [0.4, 0.5) is 0 Å². The molecular formula is C14H28N2OS. The van der Waals surface area contributed by atoms with Crippen molar-refractivity contribution in [3.8, 4) is 0 Å². The standard InChI is InChI=1S/C14H28N2OS/c1-16-8-5-14(6-9-16)17-10-3-7-15-13-4-2-11-18-12-13/h13-15H,2-12H2,1H3/t13-/m1/s1. The van der Waals surface area contributed by atoms with E-state index in [1.54, 1.807) is 0 Å². The Labute approximate surface area is 116 Å². The molecule has 1 N–H and O–H groups in total. The minimum atomic E-state index is 0.520. The van der Waals surface area contributed by atoms with Crippen molar-refractivity contribution in [1.82, 2.24) is 10.2 Å². The van der Waals surface area contributed by atoms with Gasteiger partial charge in [0.15, 0.2) is 0 Å². The second-order valence-electron chi connectivity index (χ2n) is 5.60. The van der Waals surface area contributed by atoms with Gasteiger partial charge < -0.3 is 15.0 Å². The number of likely N-dealkylation sites (tertiary alicyclic amines) is 1. The lowest BCUT2D eigenvalue weighted by molar-refractivity contribution is 0.0115. The highest BCUT2D eigenvalue weighted by molar-refractivity contribution is 7.99. The lowest BCUT2D eigenvalue weighted by atomic mass is 10.1. The third-order valence-electron chi connectivity index (χ3n) is 3.93. The van der Waals surface area contributed by atoms with Crippen LogP contribution < -0.4 is 5.32 Å². The van der Waals surface area contributed by atoms with Gasteiger partial charge in [0.25, 0.3) is 0 Å². The van der Waals surface area contributed by atoms with E-state index in [1.807, 2.05) is 0 Å². The van der Waals surface area contributed by atoms with Crippen LogP contribution >= 0.6 is 11.8 Å². The van der Waals surface area contributed by atoms with E-state index in [2.05, 4.69) is 29.0 Å². The van der Waals surface area contributed by atoms with Gasteiger partial charge in [-0.25, -0.2) is 0 Å². The lowest BCUT2D eigenvalue weighted by Gasteiger charge is -2.29. The average Bonchev–Trinajstić information content (AvgIpc) is 2.42. The molecular weight excluding hydrogens is 244 g/mol. The first-order valence-electron chi connectivity index (χ1n) is 7.46. The molecule has 0 aliphatic carbocycles. The zero-order valence-corrected chi connectivity index (χ0v) is 12.5. The first kappa shape index (κ1) is 14.6. The van der Waals surface area contributed by atoms with E-state index in [0.717, 1.165) is 25.6 Å². The number of nitrogens with one attached hydrogen (secondary N) is 1. The van der Waals surface area contributed by atoms with Crippen LogP contribution in [0.5, 0.6) is 0 Å². The highest BCUT2D eigenvalue weighted by Gasteiger charge is 2.16. The number of piperidine rings is 1. The Kier molecular flexibility index (Phi) is 6.84. The highest BCUT2D eigenvalue weighted by Crippen LogP contribution is 2.16. The second kappa shape index (κ2) is 8.41. The van der Waals surface area contributed by atoms with Crippen molar-refractivity contribution in [1.29, 1.82) is 0 Å². The van der Waals surface area contributed by atoms with E-state index in [-0.39, 0.29) is 0 Å². The predicted molar refractivity (Wildman–Crippen MR) is 79.4 cm³/mol. The number of nitrogens with zero attached hydrogens (tertiary/aromatic N) is 1. The zero-order chi connectivity index (χ0) is 12.6. The summed E-state index contributed by atoms with van der Waals surface area (Å²) in [7, 11) is 2.20. The van der Waals surface area contributed by atoms with E-state index in [4.69, 9.17) is 4.74 Å². The minimum Gasteiger partial charge on any atom is -0.378 e. The van der Waals surface area contributed by atoms with Crippen LogP contribution in [0.3, 0.4) is 0 Å². The maximum Gasteiger partial charge on any atom is 0.0599 e. The van der Waals surface area contributed by atoms with Gasteiger partial charge >= 0.3 is 0 Å². The van der Waals surface area contributed by atoms with Gasteiger partial charge in [-0.05, 0) is 51.4 Å². The monoisotopic (exact) mass is 272 g/mol. The number of ether oxygens (including phenoxy) is 1. The summed E-state index contributed by atoms with van der Waals surface area (Å²) in [6, 6.07) is 0.757. The van der Waals surface area contributed by atoms with Crippen LogP contribution in [0.1, 0.15) is 32.1 Å².